The molecule has 4 nitrogen and oxygen atoms in total. The molecule has 2 heterocycles. The number of furan rings is 1. The quantitative estimate of drug-likeness (QED) is 0.317. The van der Waals surface area contributed by atoms with Crippen molar-refractivity contribution >= 4 is 33.4 Å². The highest BCUT2D eigenvalue weighted by molar-refractivity contribution is 6.10. The molecule has 166 valence electrons. The van der Waals surface area contributed by atoms with Gasteiger partial charge in [0.2, 0.25) is 0 Å². The average Bonchev–Trinajstić information content (AvgIpc) is 3.38. The zero-order valence-corrected chi connectivity index (χ0v) is 19.5. The number of amides is 1. The van der Waals surface area contributed by atoms with Crippen molar-refractivity contribution < 1.29 is 9.21 Å². The first kappa shape index (κ1) is 21.1. The summed E-state index contributed by atoms with van der Waals surface area (Å²) in [4.78, 5) is 12.9. The molecule has 33 heavy (non-hydrogen) atoms. The molecule has 0 bridgehead atoms. The second kappa shape index (κ2) is 8.28. The Kier molecular flexibility index (Phi) is 5.29. The van der Waals surface area contributed by atoms with Crippen molar-refractivity contribution in [2.75, 3.05) is 5.32 Å². The van der Waals surface area contributed by atoms with Gasteiger partial charge in [-0.05, 0) is 80.8 Å². The second-order valence-electron chi connectivity index (χ2n) is 8.77. The van der Waals surface area contributed by atoms with Gasteiger partial charge in [0, 0.05) is 40.5 Å². The monoisotopic (exact) mass is 436 g/mol. The van der Waals surface area contributed by atoms with Gasteiger partial charge in [-0.3, -0.25) is 4.79 Å². The van der Waals surface area contributed by atoms with Crippen LogP contribution in [0.25, 0.3) is 21.8 Å². The van der Waals surface area contributed by atoms with E-state index in [-0.39, 0.29) is 5.91 Å². The van der Waals surface area contributed by atoms with Gasteiger partial charge in [-0.15, -0.1) is 0 Å². The normalized spacial score (nSPS) is 11.4. The molecular weight excluding hydrogens is 408 g/mol. The van der Waals surface area contributed by atoms with Crippen LogP contribution >= 0.6 is 0 Å². The molecule has 0 atom stereocenters. The Bertz CT molecular complexity index is 1480. The fourth-order valence-electron chi connectivity index (χ4n) is 4.92. The zero-order chi connectivity index (χ0) is 23.1. The van der Waals surface area contributed by atoms with Crippen LogP contribution in [0.15, 0.2) is 71.1 Å². The lowest BCUT2D eigenvalue weighted by Gasteiger charge is -2.10. The van der Waals surface area contributed by atoms with E-state index >= 15 is 0 Å². The third-order valence-electron chi connectivity index (χ3n) is 6.42. The van der Waals surface area contributed by atoms with E-state index < -0.39 is 0 Å². The fraction of sp³-hybridized carbons (Fsp3) is 0.207. The van der Waals surface area contributed by atoms with Crippen LogP contribution in [0.1, 0.15) is 45.5 Å². The van der Waals surface area contributed by atoms with Crippen molar-refractivity contribution in [2.45, 2.75) is 40.7 Å². The smallest absolute Gasteiger partial charge is 0.291 e. The first-order chi connectivity index (χ1) is 15.9. The molecule has 1 N–H and O–H groups in total. The predicted octanol–water partition coefficient (Wildman–Crippen LogP) is 7.18. The Balaban J connectivity index is 1.39. The zero-order valence-electron chi connectivity index (χ0n) is 19.5. The lowest BCUT2D eigenvalue weighted by molar-refractivity contribution is 0.0995. The van der Waals surface area contributed by atoms with E-state index in [0.29, 0.717) is 12.2 Å². The number of nitrogens with zero attached hydrogens (tertiary/aromatic N) is 1. The molecule has 1 amide bonds. The van der Waals surface area contributed by atoms with Crippen LogP contribution in [0.2, 0.25) is 0 Å². The van der Waals surface area contributed by atoms with Gasteiger partial charge in [0.1, 0.15) is 5.76 Å². The number of rotatable bonds is 5. The highest BCUT2D eigenvalue weighted by atomic mass is 16.3. The molecule has 0 saturated heterocycles. The third kappa shape index (κ3) is 3.82. The number of hydrogen-bond acceptors (Lipinski definition) is 2. The number of carbonyl (C=O) groups excluding carboxylic acids is 1. The maximum absolute atomic E-state index is 12.9. The summed E-state index contributed by atoms with van der Waals surface area (Å²) < 4.78 is 8.22. The molecule has 2 aromatic heterocycles. The van der Waals surface area contributed by atoms with Crippen molar-refractivity contribution in [1.29, 1.82) is 0 Å². The number of aryl methyl sites for hydroxylation is 4. The largest absolute Gasteiger partial charge is 0.456 e. The van der Waals surface area contributed by atoms with E-state index in [2.05, 4.69) is 80.0 Å². The van der Waals surface area contributed by atoms with Crippen LogP contribution in [-0.2, 0) is 13.0 Å². The lowest BCUT2D eigenvalue weighted by atomic mass is 9.97. The van der Waals surface area contributed by atoms with Crippen molar-refractivity contribution in [2.24, 2.45) is 0 Å². The molecule has 0 unspecified atom stereocenters. The van der Waals surface area contributed by atoms with Gasteiger partial charge in [-0.1, -0.05) is 35.9 Å². The first-order valence-electron chi connectivity index (χ1n) is 11.4. The summed E-state index contributed by atoms with van der Waals surface area (Å²) in [7, 11) is 0. The highest BCUT2D eigenvalue weighted by Gasteiger charge is 2.15. The minimum atomic E-state index is -0.239. The van der Waals surface area contributed by atoms with Gasteiger partial charge in [0.25, 0.3) is 5.91 Å². The van der Waals surface area contributed by atoms with E-state index in [1.54, 1.807) is 6.07 Å². The molecule has 3 aromatic carbocycles. The van der Waals surface area contributed by atoms with Gasteiger partial charge in [-0.25, -0.2) is 0 Å². The van der Waals surface area contributed by atoms with Crippen LogP contribution in [0, 0.1) is 20.8 Å². The van der Waals surface area contributed by atoms with E-state index in [4.69, 9.17) is 4.42 Å². The van der Waals surface area contributed by atoms with E-state index in [0.717, 1.165) is 23.4 Å². The van der Waals surface area contributed by atoms with Gasteiger partial charge < -0.3 is 14.3 Å². The number of para-hydroxylation sites is 1. The molecule has 0 spiro atoms. The van der Waals surface area contributed by atoms with Crippen LogP contribution in [0.5, 0.6) is 0 Å². The minimum Gasteiger partial charge on any atom is -0.456 e. The topological polar surface area (TPSA) is 47.2 Å². The van der Waals surface area contributed by atoms with Gasteiger partial charge in [0.15, 0.2) is 5.76 Å². The van der Waals surface area contributed by atoms with Crippen molar-refractivity contribution in [3.8, 4) is 0 Å². The summed E-state index contributed by atoms with van der Waals surface area (Å²) in [5.74, 6) is 0.873. The molecule has 0 aliphatic heterocycles. The molecule has 0 radical (unpaired) electrons. The van der Waals surface area contributed by atoms with Crippen molar-refractivity contribution in [3.05, 3.63) is 101 Å². The first-order valence-corrected chi connectivity index (χ1v) is 11.4. The minimum absolute atomic E-state index is 0.239. The summed E-state index contributed by atoms with van der Waals surface area (Å²) in [5, 5.41) is 5.33. The van der Waals surface area contributed by atoms with E-state index in [1.807, 2.05) is 18.2 Å². The molecule has 0 fully saturated rings. The lowest BCUT2D eigenvalue weighted by Crippen LogP contribution is -2.10. The Morgan fingerprint density at radius 1 is 0.879 bits per heavy atom. The molecular formula is C29H28N2O2. The highest BCUT2D eigenvalue weighted by Crippen LogP contribution is 2.31. The second-order valence-corrected chi connectivity index (χ2v) is 8.77. The summed E-state index contributed by atoms with van der Waals surface area (Å²) in [6, 6.07) is 22.5. The fourth-order valence-corrected chi connectivity index (χ4v) is 4.92. The standard InChI is InChI=1S/C29H28N2O2/c1-5-31-26-9-7-6-8-23(26)25-16-21(10-12-27(25)31)30-29(32)28-13-11-22(33-28)17-24-19(3)14-18(2)15-20(24)4/h6-16H,5,17H2,1-4H3,(H,30,32). The Hall–Kier alpha value is -3.79. The number of benzene rings is 3. The summed E-state index contributed by atoms with van der Waals surface area (Å²) >= 11 is 0. The van der Waals surface area contributed by atoms with Crippen LogP contribution in [-0.4, -0.2) is 10.5 Å². The maximum Gasteiger partial charge on any atom is 0.291 e. The van der Waals surface area contributed by atoms with Gasteiger partial charge in [-0.2, -0.15) is 0 Å². The number of carbonyl (C=O) groups is 1. The molecule has 0 aliphatic carbocycles. The summed E-state index contributed by atoms with van der Waals surface area (Å²) in [5.41, 5.74) is 8.13. The molecule has 5 rings (SSSR count). The SMILES string of the molecule is CCn1c2ccccc2c2cc(NC(=O)c3ccc(Cc4c(C)cc(C)cc4C)o3)ccc21. The molecule has 0 aliphatic rings. The third-order valence-corrected chi connectivity index (χ3v) is 6.42. The van der Waals surface area contributed by atoms with Crippen molar-refractivity contribution in [3.63, 3.8) is 0 Å². The summed E-state index contributed by atoms with van der Waals surface area (Å²) in [6.45, 7) is 9.39. The Labute approximate surface area is 193 Å². The van der Waals surface area contributed by atoms with Crippen molar-refractivity contribution in [1.82, 2.24) is 4.57 Å². The number of anilines is 1. The van der Waals surface area contributed by atoms with Gasteiger partial charge in [0.05, 0.1) is 0 Å². The molecule has 5 aromatic rings. The van der Waals surface area contributed by atoms with Gasteiger partial charge >= 0.3 is 0 Å². The molecule has 4 heteroatoms. The van der Waals surface area contributed by atoms with E-state index in [1.165, 1.54) is 38.7 Å². The Morgan fingerprint density at radius 3 is 2.36 bits per heavy atom. The Morgan fingerprint density at radius 2 is 1.61 bits per heavy atom. The van der Waals surface area contributed by atoms with Crippen LogP contribution < -0.4 is 5.32 Å². The number of nitrogens with one attached hydrogen (secondary N) is 1. The number of fused-ring (bicyclic) bond motifs is 3. The van der Waals surface area contributed by atoms with E-state index in [9.17, 15) is 4.79 Å². The molecule has 0 saturated carbocycles. The van der Waals surface area contributed by atoms with Crippen LogP contribution in [0.4, 0.5) is 5.69 Å². The van der Waals surface area contributed by atoms with Crippen LogP contribution in [0.3, 0.4) is 0 Å². The number of aromatic nitrogens is 1. The number of hydrogen-bond donors (Lipinski definition) is 1. The maximum atomic E-state index is 12.9. The predicted molar refractivity (Wildman–Crippen MR) is 135 cm³/mol. The summed E-state index contributed by atoms with van der Waals surface area (Å²) in [6.07, 6.45) is 0.674. The average molecular weight is 437 g/mol.